The standard InChI is InChI=1S/C12H14Cl2N2O2/c1-12(6-17,7-2-3-7)16-11(18)10-8(13)4-5-9(14)15-10/h4-5,7,17H,2-3,6H2,1H3,(H,16,18). The van der Waals surface area contributed by atoms with Crippen LogP contribution in [0.4, 0.5) is 0 Å². The van der Waals surface area contributed by atoms with Crippen LogP contribution in [0.2, 0.25) is 10.2 Å². The summed E-state index contributed by atoms with van der Waals surface area (Å²) >= 11 is 11.7. The van der Waals surface area contributed by atoms with Crippen molar-refractivity contribution in [2.24, 2.45) is 5.92 Å². The molecule has 4 nitrogen and oxygen atoms in total. The van der Waals surface area contributed by atoms with E-state index in [1.165, 1.54) is 12.1 Å². The summed E-state index contributed by atoms with van der Waals surface area (Å²) in [5.74, 6) is -0.102. The first-order chi connectivity index (χ1) is 8.46. The zero-order valence-corrected chi connectivity index (χ0v) is 11.4. The molecule has 1 aromatic heterocycles. The maximum Gasteiger partial charge on any atom is 0.272 e. The van der Waals surface area contributed by atoms with Crippen molar-refractivity contribution in [2.75, 3.05) is 6.61 Å². The highest BCUT2D eigenvalue weighted by atomic mass is 35.5. The van der Waals surface area contributed by atoms with Crippen molar-refractivity contribution in [3.05, 3.63) is 28.0 Å². The van der Waals surface area contributed by atoms with Crippen molar-refractivity contribution in [3.63, 3.8) is 0 Å². The Hall–Kier alpha value is -0.840. The van der Waals surface area contributed by atoms with Gasteiger partial charge in [0.05, 0.1) is 17.2 Å². The molecule has 1 heterocycles. The molecule has 1 aliphatic carbocycles. The van der Waals surface area contributed by atoms with Gasteiger partial charge in [0, 0.05) is 0 Å². The molecule has 6 heteroatoms. The Labute approximate surface area is 115 Å². The molecule has 0 aliphatic heterocycles. The zero-order chi connectivity index (χ0) is 13.3. The van der Waals surface area contributed by atoms with Gasteiger partial charge in [-0.25, -0.2) is 4.98 Å². The predicted molar refractivity (Wildman–Crippen MR) is 69.9 cm³/mol. The summed E-state index contributed by atoms with van der Waals surface area (Å²) in [6, 6.07) is 3.05. The lowest BCUT2D eigenvalue weighted by Gasteiger charge is -2.28. The Morgan fingerprint density at radius 3 is 2.78 bits per heavy atom. The van der Waals surface area contributed by atoms with Gasteiger partial charge in [-0.15, -0.1) is 0 Å². The SMILES string of the molecule is CC(CO)(NC(=O)c1nc(Cl)ccc1Cl)C1CC1. The van der Waals surface area contributed by atoms with Gasteiger partial charge in [-0.2, -0.15) is 0 Å². The summed E-state index contributed by atoms with van der Waals surface area (Å²) < 4.78 is 0. The van der Waals surface area contributed by atoms with Crippen LogP contribution in [0.3, 0.4) is 0 Å². The van der Waals surface area contributed by atoms with Crippen LogP contribution in [0.15, 0.2) is 12.1 Å². The van der Waals surface area contributed by atoms with E-state index < -0.39 is 11.4 Å². The fraction of sp³-hybridized carbons (Fsp3) is 0.500. The lowest BCUT2D eigenvalue weighted by molar-refractivity contribution is 0.0819. The molecule has 0 saturated heterocycles. The molecule has 2 rings (SSSR count). The average molecular weight is 289 g/mol. The topological polar surface area (TPSA) is 62.2 Å². The highest BCUT2D eigenvalue weighted by Gasteiger charge is 2.42. The van der Waals surface area contributed by atoms with Crippen LogP contribution < -0.4 is 5.32 Å². The van der Waals surface area contributed by atoms with Gasteiger partial charge in [0.15, 0.2) is 0 Å². The molecule has 1 unspecified atom stereocenters. The molecule has 0 aromatic carbocycles. The first kappa shape index (κ1) is 13.6. The maximum atomic E-state index is 12.1. The minimum absolute atomic E-state index is 0.0875. The molecule has 2 N–H and O–H groups in total. The number of halogens is 2. The van der Waals surface area contributed by atoms with Crippen LogP contribution >= 0.6 is 23.2 Å². The molecule has 0 bridgehead atoms. The summed E-state index contributed by atoms with van der Waals surface area (Å²) in [7, 11) is 0. The van der Waals surface area contributed by atoms with Crippen LogP contribution in [0.5, 0.6) is 0 Å². The van der Waals surface area contributed by atoms with Crippen LogP contribution in [0.1, 0.15) is 30.3 Å². The fourth-order valence-electron chi connectivity index (χ4n) is 1.89. The van der Waals surface area contributed by atoms with Crippen molar-refractivity contribution in [2.45, 2.75) is 25.3 Å². The van der Waals surface area contributed by atoms with Crippen LogP contribution in [0, 0.1) is 5.92 Å². The van der Waals surface area contributed by atoms with Gasteiger partial charge in [-0.05, 0) is 37.8 Å². The van der Waals surface area contributed by atoms with Gasteiger partial charge in [0.1, 0.15) is 10.8 Å². The van der Waals surface area contributed by atoms with E-state index in [-0.39, 0.29) is 22.5 Å². The molecule has 1 aromatic rings. The summed E-state index contributed by atoms with van der Waals surface area (Å²) in [6.07, 6.45) is 2.02. The Balaban J connectivity index is 2.18. The third kappa shape index (κ3) is 2.76. The third-order valence-electron chi connectivity index (χ3n) is 3.23. The van der Waals surface area contributed by atoms with Gasteiger partial charge < -0.3 is 10.4 Å². The van der Waals surface area contributed by atoms with E-state index in [0.29, 0.717) is 5.92 Å². The van der Waals surface area contributed by atoms with E-state index in [2.05, 4.69) is 10.3 Å². The smallest absolute Gasteiger partial charge is 0.272 e. The van der Waals surface area contributed by atoms with Crippen LogP contribution in [-0.4, -0.2) is 28.1 Å². The van der Waals surface area contributed by atoms with Crippen molar-refractivity contribution in [1.82, 2.24) is 10.3 Å². The number of hydrogen-bond acceptors (Lipinski definition) is 3. The average Bonchev–Trinajstić information content (AvgIpc) is 3.16. The number of nitrogens with one attached hydrogen (secondary N) is 1. The number of rotatable bonds is 4. The highest BCUT2D eigenvalue weighted by Crippen LogP contribution is 2.39. The summed E-state index contributed by atoms with van der Waals surface area (Å²) in [6.45, 7) is 1.71. The van der Waals surface area contributed by atoms with Crippen molar-refractivity contribution >= 4 is 29.1 Å². The molecule has 0 spiro atoms. The van der Waals surface area contributed by atoms with E-state index in [0.717, 1.165) is 12.8 Å². The molecule has 18 heavy (non-hydrogen) atoms. The molecule has 1 atom stereocenters. The number of nitrogens with zero attached hydrogens (tertiary/aromatic N) is 1. The van der Waals surface area contributed by atoms with E-state index in [1.807, 2.05) is 6.92 Å². The molecule has 1 saturated carbocycles. The molecular weight excluding hydrogens is 275 g/mol. The summed E-state index contributed by atoms with van der Waals surface area (Å²) in [5, 5.41) is 12.7. The first-order valence-electron chi connectivity index (χ1n) is 5.71. The third-order valence-corrected chi connectivity index (χ3v) is 3.75. The van der Waals surface area contributed by atoms with Gasteiger partial charge in [-0.1, -0.05) is 23.2 Å². The second-order valence-corrected chi connectivity index (χ2v) is 5.56. The molecule has 1 fully saturated rings. The maximum absolute atomic E-state index is 12.1. The molecule has 0 radical (unpaired) electrons. The number of aliphatic hydroxyl groups is 1. The molecule has 1 amide bonds. The minimum Gasteiger partial charge on any atom is -0.394 e. The van der Waals surface area contributed by atoms with Crippen molar-refractivity contribution < 1.29 is 9.90 Å². The van der Waals surface area contributed by atoms with E-state index >= 15 is 0 Å². The Kier molecular flexibility index (Phi) is 3.80. The van der Waals surface area contributed by atoms with Crippen molar-refractivity contribution in [1.29, 1.82) is 0 Å². The molecule has 1 aliphatic rings. The minimum atomic E-state index is -0.621. The van der Waals surface area contributed by atoms with Crippen LogP contribution in [-0.2, 0) is 0 Å². The highest BCUT2D eigenvalue weighted by molar-refractivity contribution is 6.34. The van der Waals surface area contributed by atoms with Gasteiger partial charge in [0.25, 0.3) is 5.91 Å². The van der Waals surface area contributed by atoms with Gasteiger partial charge in [0.2, 0.25) is 0 Å². The predicted octanol–water partition coefficient (Wildman–Crippen LogP) is 2.28. The number of carbonyl (C=O) groups is 1. The van der Waals surface area contributed by atoms with Crippen LogP contribution in [0.25, 0.3) is 0 Å². The lowest BCUT2D eigenvalue weighted by atomic mass is 9.97. The van der Waals surface area contributed by atoms with Gasteiger partial charge in [-0.3, -0.25) is 4.79 Å². The monoisotopic (exact) mass is 288 g/mol. The quantitative estimate of drug-likeness (QED) is 0.836. The van der Waals surface area contributed by atoms with Crippen molar-refractivity contribution in [3.8, 4) is 0 Å². The number of pyridine rings is 1. The lowest BCUT2D eigenvalue weighted by Crippen LogP contribution is -2.51. The zero-order valence-electron chi connectivity index (χ0n) is 9.91. The largest absolute Gasteiger partial charge is 0.394 e. The van der Waals surface area contributed by atoms with E-state index in [9.17, 15) is 9.90 Å². The first-order valence-corrected chi connectivity index (χ1v) is 6.47. The summed E-state index contributed by atoms with van der Waals surface area (Å²) in [4.78, 5) is 16.0. The Bertz CT molecular complexity index is 477. The molecular formula is C12H14Cl2N2O2. The number of aliphatic hydroxyl groups excluding tert-OH is 1. The number of aromatic nitrogens is 1. The fourth-order valence-corrected chi connectivity index (χ4v) is 2.23. The van der Waals surface area contributed by atoms with E-state index in [4.69, 9.17) is 23.2 Å². The summed E-state index contributed by atoms with van der Waals surface area (Å²) in [5.41, 5.74) is -0.533. The number of hydrogen-bond donors (Lipinski definition) is 2. The normalized spacial score (nSPS) is 18.2. The second-order valence-electron chi connectivity index (χ2n) is 4.77. The Morgan fingerprint density at radius 1 is 1.56 bits per heavy atom. The van der Waals surface area contributed by atoms with E-state index in [1.54, 1.807) is 0 Å². The number of carbonyl (C=O) groups excluding carboxylic acids is 1. The molecule has 98 valence electrons. The Morgan fingerprint density at radius 2 is 2.22 bits per heavy atom. The second kappa shape index (κ2) is 5.03. The number of amides is 1. The van der Waals surface area contributed by atoms with Gasteiger partial charge >= 0.3 is 0 Å².